The maximum Gasteiger partial charge on any atom is 0.410 e. The molecule has 1 amide bonds. The van der Waals surface area contributed by atoms with Crippen molar-refractivity contribution >= 4 is 30.9 Å². The van der Waals surface area contributed by atoms with Crippen molar-refractivity contribution in [1.29, 1.82) is 0 Å². The molecule has 0 radical (unpaired) electrons. The molecule has 1 aliphatic heterocycles. The minimum Gasteiger partial charge on any atom is -0.445 e. The Kier molecular flexibility index (Phi) is 8.30. The van der Waals surface area contributed by atoms with Crippen molar-refractivity contribution < 1.29 is 14.3 Å². The van der Waals surface area contributed by atoms with E-state index in [2.05, 4.69) is 42.6 Å². The SMILES string of the molecule is C[C@H]1C[C@@H](N(C)C(=O)OCc2ccccc2)CCN1c1cnc2c(cnn2COCC[Si](C)(C)C)c1. The van der Waals surface area contributed by atoms with Crippen LogP contribution in [0.25, 0.3) is 11.0 Å². The van der Waals surface area contributed by atoms with E-state index < -0.39 is 8.07 Å². The summed E-state index contributed by atoms with van der Waals surface area (Å²) in [6.07, 6.45) is 5.27. The fourth-order valence-electron chi connectivity index (χ4n) is 4.59. The molecule has 0 bridgehead atoms. The number of carbonyl (C=O) groups is 1. The minimum atomic E-state index is -1.11. The highest BCUT2D eigenvalue weighted by atomic mass is 28.3. The first-order chi connectivity index (χ1) is 17.2. The third-order valence-electron chi connectivity index (χ3n) is 6.89. The van der Waals surface area contributed by atoms with Gasteiger partial charge >= 0.3 is 6.09 Å². The van der Waals surface area contributed by atoms with Gasteiger partial charge in [-0.1, -0.05) is 50.0 Å². The van der Waals surface area contributed by atoms with Crippen molar-refractivity contribution in [3.8, 4) is 0 Å². The van der Waals surface area contributed by atoms with E-state index >= 15 is 0 Å². The molecule has 36 heavy (non-hydrogen) atoms. The lowest BCUT2D eigenvalue weighted by Crippen LogP contribution is -2.49. The summed E-state index contributed by atoms with van der Waals surface area (Å²) in [4.78, 5) is 21.5. The van der Waals surface area contributed by atoms with Crippen LogP contribution in [0.3, 0.4) is 0 Å². The topological polar surface area (TPSA) is 72.7 Å². The molecule has 0 aliphatic carbocycles. The van der Waals surface area contributed by atoms with E-state index in [1.807, 2.05) is 54.5 Å². The predicted molar refractivity (Wildman–Crippen MR) is 146 cm³/mol. The number of ether oxygens (including phenoxy) is 2. The third-order valence-corrected chi connectivity index (χ3v) is 8.60. The second kappa shape index (κ2) is 11.4. The fourth-order valence-corrected chi connectivity index (χ4v) is 5.35. The van der Waals surface area contributed by atoms with E-state index in [1.54, 1.807) is 4.90 Å². The average Bonchev–Trinajstić information content (AvgIpc) is 3.27. The number of pyridine rings is 1. The zero-order valence-electron chi connectivity index (χ0n) is 22.2. The summed E-state index contributed by atoms with van der Waals surface area (Å²) in [7, 11) is 0.734. The molecule has 3 aromatic rings. The number of amides is 1. The lowest BCUT2D eigenvalue weighted by molar-refractivity contribution is 0.0812. The standard InChI is InChI=1S/C27H39N5O3Si/c1-21-15-24(30(2)27(33)35-19-22-9-7-6-8-10-22)11-12-31(21)25-16-23-17-29-32(26(23)28-18-25)20-34-13-14-36(3,4)5/h6-10,16-18,21,24H,11-15,19-20H2,1-5H3/t21-,24-/m0/s1. The summed E-state index contributed by atoms with van der Waals surface area (Å²) in [6.45, 7) is 11.6. The number of benzene rings is 1. The Bertz CT molecular complexity index is 1150. The van der Waals surface area contributed by atoms with Crippen molar-refractivity contribution in [1.82, 2.24) is 19.7 Å². The quantitative estimate of drug-likeness (QED) is 0.285. The van der Waals surface area contributed by atoms with Crippen LogP contribution in [0, 0.1) is 0 Å². The van der Waals surface area contributed by atoms with Gasteiger partial charge in [0.05, 0.1) is 18.1 Å². The van der Waals surface area contributed by atoms with Crippen LogP contribution in [0.1, 0.15) is 25.3 Å². The highest BCUT2D eigenvalue weighted by Crippen LogP contribution is 2.29. The van der Waals surface area contributed by atoms with Crippen LogP contribution >= 0.6 is 0 Å². The Labute approximate surface area is 215 Å². The number of anilines is 1. The van der Waals surface area contributed by atoms with Crippen LogP contribution < -0.4 is 4.90 Å². The van der Waals surface area contributed by atoms with Crippen LogP contribution in [-0.2, 0) is 22.8 Å². The monoisotopic (exact) mass is 509 g/mol. The summed E-state index contributed by atoms with van der Waals surface area (Å²) >= 11 is 0. The summed E-state index contributed by atoms with van der Waals surface area (Å²) in [6, 6.07) is 13.5. The van der Waals surface area contributed by atoms with Gasteiger partial charge in [0.25, 0.3) is 0 Å². The lowest BCUT2D eigenvalue weighted by atomic mass is 9.97. The maximum absolute atomic E-state index is 12.6. The molecule has 1 fully saturated rings. The Morgan fingerprint density at radius 3 is 2.69 bits per heavy atom. The molecule has 3 heterocycles. The van der Waals surface area contributed by atoms with Gasteiger partial charge in [-0.3, -0.25) is 0 Å². The molecule has 0 saturated carbocycles. The Morgan fingerprint density at radius 1 is 1.19 bits per heavy atom. The second-order valence-corrected chi connectivity index (χ2v) is 16.6. The molecule has 9 heteroatoms. The minimum absolute atomic E-state index is 0.146. The van der Waals surface area contributed by atoms with Crippen molar-refractivity contribution in [2.24, 2.45) is 0 Å². The number of nitrogens with zero attached hydrogens (tertiary/aromatic N) is 5. The van der Waals surface area contributed by atoms with Crippen LogP contribution in [0.4, 0.5) is 10.5 Å². The summed E-state index contributed by atoms with van der Waals surface area (Å²) in [5.41, 5.74) is 2.92. The summed E-state index contributed by atoms with van der Waals surface area (Å²) in [5, 5.41) is 5.50. The number of piperidine rings is 1. The molecule has 0 spiro atoms. The largest absolute Gasteiger partial charge is 0.445 e. The Morgan fingerprint density at radius 2 is 1.97 bits per heavy atom. The molecular weight excluding hydrogens is 470 g/mol. The molecule has 1 aliphatic rings. The zero-order chi connectivity index (χ0) is 25.7. The number of hydrogen-bond acceptors (Lipinski definition) is 6. The van der Waals surface area contributed by atoms with Gasteiger partial charge in [-0.2, -0.15) is 5.10 Å². The van der Waals surface area contributed by atoms with Gasteiger partial charge in [0, 0.05) is 45.7 Å². The molecule has 4 rings (SSSR count). The molecule has 1 saturated heterocycles. The first-order valence-corrected chi connectivity index (χ1v) is 16.5. The van der Waals surface area contributed by atoms with E-state index in [1.165, 1.54) is 0 Å². The molecule has 2 atom stereocenters. The van der Waals surface area contributed by atoms with Crippen LogP contribution in [0.5, 0.6) is 0 Å². The number of hydrogen-bond donors (Lipinski definition) is 0. The van der Waals surface area contributed by atoms with E-state index in [0.717, 1.165) is 54.3 Å². The van der Waals surface area contributed by atoms with Gasteiger partial charge in [0.1, 0.15) is 13.3 Å². The molecule has 0 unspecified atom stereocenters. The van der Waals surface area contributed by atoms with Crippen LogP contribution in [-0.4, -0.2) is 66.1 Å². The highest BCUT2D eigenvalue weighted by Gasteiger charge is 2.31. The van der Waals surface area contributed by atoms with Gasteiger partial charge in [-0.25, -0.2) is 14.5 Å². The highest BCUT2D eigenvalue weighted by molar-refractivity contribution is 6.76. The van der Waals surface area contributed by atoms with E-state index in [4.69, 9.17) is 14.5 Å². The van der Waals surface area contributed by atoms with Crippen LogP contribution in [0.15, 0.2) is 48.8 Å². The van der Waals surface area contributed by atoms with Gasteiger partial charge in [0.15, 0.2) is 5.65 Å². The van der Waals surface area contributed by atoms with E-state index in [9.17, 15) is 4.79 Å². The molecule has 1 aromatic carbocycles. The number of carbonyl (C=O) groups excluding carboxylic acids is 1. The van der Waals surface area contributed by atoms with Crippen molar-refractivity contribution in [2.75, 3.05) is 25.1 Å². The third kappa shape index (κ3) is 6.64. The van der Waals surface area contributed by atoms with E-state index in [-0.39, 0.29) is 18.2 Å². The Hall–Kier alpha value is -2.91. The molecule has 194 valence electrons. The summed E-state index contributed by atoms with van der Waals surface area (Å²) < 4.78 is 13.2. The van der Waals surface area contributed by atoms with Gasteiger partial charge < -0.3 is 19.3 Å². The smallest absolute Gasteiger partial charge is 0.410 e. The zero-order valence-corrected chi connectivity index (χ0v) is 23.2. The number of aromatic nitrogens is 3. The van der Waals surface area contributed by atoms with E-state index in [0.29, 0.717) is 13.3 Å². The van der Waals surface area contributed by atoms with Gasteiger partial charge in [0.2, 0.25) is 0 Å². The van der Waals surface area contributed by atoms with Gasteiger partial charge in [-0.15, -0.1) is 0 Å². The number of fused-ring (bicyclic) bond motifs is 1. The molecule has 2 aromatic heterocycles. The normalized spacial score (nSPS) is 18.4. The molecule has 0 N–H and O–H groups in total. The molecular formula is C27H39N5O3Si. The second-order valence-electron chi connectivity index (χ2n) is 11.0. The maximum atomic E-state index is 12.6. The number of rotatable bonds is 9. The first kappa shape index (κ1) is 26.2. The van der Waals surface area contributed by atoms with Crippen molar-refractivity contribution in [3.05, 3.63) is 54.4 Å². The van der Waals surface area contributed by atoms with Crippen molar-refractivity contribution in [3.63, 3.8) is 0 Å². The van der Waals surface area contributed by atoms with Crippen LogP contribution in [0.2, 0.25) is 25.7 Å². The average molecular weight is 510 g/mol. The lowest BCUT2D eigenvalue weighted by Gasteiger charge is -2.41. The first-order valence-electron chi connectivity index (χ1n) is 12.8. The predicted octanol–water partition coefficient (Wildman–Crippen LogP) is 5.37. The van der Waals surface area contributed by atoms with Crippen molar-refractivity contribution in [2.45, 2.75) is 70.9 Å². The fraction of sp³-hybridized carbons (Fsp3) is 0.519. The van der Waals surface area contributed by atoms with Gasteiger partial charge in [-0.05, 0) is 37.4 Å². The summed E-state index contributed by atoms with van der Waals surface area (Å²) in [5.74, 6) is 0. The Balaban J connectivity index is 1.31. The molecule has 8 nitrogen and oxygen atoms in total.